The Kier molecular flexibility index (Phi) is 5.15. The van der Waals surface area contributed by atoms with E-state index in [1.54, 1.807) is 20.8 Å². The third kappa shape index (κ3) is 4.11. The van der Waals surface area contributed by atoms with Crippen LogP contribution in [0.25, 0.3) is 0 Å². The van der Waals surface area contributed by atoms with Crippen LogP contribution in [-0.2, 0) is 4.74 Å². The van der Waals surface area contributed by atoms with E-state index >= 15 is 0 Å². The van der Waals surface area contributed by atoms with E-state index in [2.05, 4.69) is 21.2 Å². The second-order valence-electron chi connectivity index (χ2n) is 6.34. The molecule has 1 amide bonds. The van der Waals surface area contributed by atoms with Crippen molar-refractivity contribution in [1.82, 2.24) is 5.32 Å². The summed E-state index contributed by atoms with van der Waals surface area (Å²) in [7, 11) is 0. The van der Waals surface area contributed by atoms with Crippen LogP contribution in [0.1, 0.15) is 27.2 Å². The number of nitrogens with one attached hydrogen (secondary N) is 1. The van der Waals surface area contributed by atoms with Crippen LogP contribution in [0.3, 0.4) is 0 Å². The average molecular weight is 393 g/mol. The zero-order chi connectivity index (χ0) is 17.4. The molecule has 0 aromatic heterocycles. The molecule has 1 aliphatic rings. The van der Waals surface area contributed by atoms with Crippen molar-refractivity contribution in [2.45, 2.75) is 45.1 Å². The molecule has 1 heterocycles. The lowest BCUT2D eigenvalue weighted by atomic mass is 10.2. The highest BCUT2D eigenvalue weighted by atomic mass is 79.9. The van der Waals surface area contributed by atoms with Gasteiger partial charge >= 0.3 is 6.09 Å². The number of benzene rings is 1. The highest BCUT2D eigenvalue weighted by Gasteiger charge is 2.36. The molecule has 23 heavy (non-hydrogen) atoms. The molecule has 1 fully saturated rings. The Bertz CT molecular complexity index is 607. The highest BCUT2D eigenvalue weighted by Crippen LogP contribution is 2.31. The van der Waals surface area contributed by atoms with Crippen LogP contribution in [0.5, 0.6) is 0 Å². The molecule has 5 nitrogen and oxygen atoms in total. The molecule has 2 rings (SSSR count). The quantitative estimate of drug-likeness (QED) is 0.758. The molecule has 1 saturated heterocycles. The molecule has 1 aromatic carbocycles. The van der Waals surface area contributed by atoms with E-state index in [-0.39, 0.29) is 16.7 Å². The van der Waals surface area contributed by atoms with E-state index in [9.17, 15) is 18.7 Å². The van der Waals surface area contributed by atoms with E-state index in [4.69, 9.17) is 4.74 Å². The van der Waals surface area contributed by atoms with Crippen LogP contribution >= 0.6 is 15.9 Å². The standard InChI is InChI=1S/C15H19BrF2N2O3/c1-15(2,3)23-14(22)19-9-6-7-20(13(9)21)10-5-4-8(16)11(17)12(10)18/h4-5,9,13,21H,6-7H2,1-3H3,(H,19,22). The molecule has 0 spiro atoms. The number of anilines is 1. The molecule has 1 aliphatic heterocycles. The Morgan fingerprint density at radius 1 is 1.39 bits per heavy atom. The van der Waals surface area contributed by atoms with Crippen LogP contribution in [0, 0.1) is 11.6 Å². The van der Waals surface area contributed by atoms with Crippen molar-refractivity contribution in [3.63, 3.8) is 0 Å². The van der Waals surface area contributed by atoms with Crippen molar-refractivity contribution >= 4 is 27.7 Å². The van der Waals surface area contributed by atoms with Gasteiger partial charge in [-0.3, -0.25) is 0 Å². The highest BCUT2D eigenvalue weighted by molar-refractivity contribution is 9.10. The van der Waals surface area contributed by atoms with E-state index in [0.717, 1.165) is 0 Å². The van der Waals surface area contributed by atoms with Gasteiger partial charge in [-0.1, -0.05) is 0 Å². The van der Waals surface area contributed by atoms with E-state index in [1.807, 2.05) is 0 Å². The minimum Gasteiger partial charge on any atom is -0.444 e. The summed E-state index contributed by atoms with van der Waals surface area (Å²) >= 11 is 2.91. The van der Waals surface area contributed by atoms with Gasteiger partial charge in [-0.15, -0.1) is 0 Å². The Labute approximate surface area is 141 Å². The number of hydrogen-bond donors (Lipinski definition) is 2. The topological polar surface area (TPSA) is 61.8 Å². The van der Waals surface area contributed by atoms with Gasteiger partial charge in [0.25, 0.3) is 0 Å². The predicted octanol–water partition coefficient (Wildman–Crippen LogP) is 3.15. The van der Waals surface area contributed by atoms with E-state index in [1.165, 1.54) is 17.0 Å². The summed E-state index contributed by atoms with van der Waals surface area (Å²) < 4.78 is 32.8. The van der Waals surface area contributed by atoms with Gasteiger partial charge in [0.2, 0.25) is 0 Å². The number of ether oxygens (including phenoxy) is 1. The van der Waals surface area contributed by atoms with Crippen molar-refractivity contribution in [1.29, 1.82) is 0 Å². The van der Waals surface area contributed by atoms with Crippen LogP contribution in [0.4, 0.5) is 19.3 Å². The van der Waals surface area contributed by atoms with Crippen LogP contribution in [-0.4, -0.2) is 35.6 Å². The molecule has 1 aromatic rings. The normalized spacial score (nSPS) is 21.4. The molecule has 8 heteroatoms. The number of carbonyl (C=O) groups is 1. The molecule has 0 saturated carbocycles. The van der Waals surface area contributed by atoms with Gasteiger partial charge in [0.1, 0.15) is 11.8 Å². The zero-order valence-electron chi connectivity index (χ0n) is 13.1. The minimum absolute atomic E-state index is 0.0101. The third-order valence-corrected chi connectivity index (χ3v) is 4.00. The number of aliphatic hydroxyl groups excluding tert-OH is 1. The molecule has 2 unspecified atom stereocenters. The van der Waals surface area contributed by atoms with Crippen molar-refractivity contribution < 1.29 is 23.4 Å². The smallest absolute Gasteiger partial charge is 0.408 e. The summed E-state index contributed by atoms with van der Waals surface area (Å²) in [6, 6.07) is 2.12. The number of aliphatic hydroxyl groups is 1. The molecule has 0 radical (unpaired) electrons. The maximum atomic E-state index is 14.0. The number of alkyl carbamates (subject to hydrolysis) is 1. The lowest BCUT2D eigenvalue weighted by Gasteiger charge is -2.27. The van der Waals surface area contributed by atoms with Crippen molar-refractivity contribution in [3.8, 4) is 0 Å². The second kappa shape index (κ2) is 6.60. The molecule has 2 N–H and O–H groups in total. The summed E-state index contributed by atoms with van der Waals surface area (Å²) in [5, 5.41) is 12.8. The first-order valence-electron chi connectivity index (χ1n) is 7.18. The molecule has 0 aliphatic carbocycles. The van der Waals surface area contributed by atoms with Gasteiger partial charge in [-0.05, 0) is 55.3 Å². The third-order valence-electron chi connectivity index (χ3n) is 3.39. The van der Waals surface area contributed by atoms with Gasteiger partial charge < -0.3 is 20.1 Å². The fraction of sp³-hybridized carbons (Fsp3) is 0.533. The van der Waals surface area contributed by atoms with E-state index < -0.39 is 35.6 Å². The fourth-order valence-corrected chi connectivity index (χ4v) is 2.69. The monoisotopic (exact) mass is 392 g/mol. The SMILES string of the molecule is CC(C)(C)OC(=O)NC1CCN(c2ccc(Br)c(F)c2F)C1O. The lowest BCUT2D eigenvalue weighted by Crippen LogP contribution is -2.46. The summed E-state index contributed by atoms with van der Waals surface area (Å²) in [4.78, 5) is 13.1. The molecule has 128 valence electrons. The van der Waals surface area contributed by atoms with Crippen LogP contribution in [0.2, 0.25) is 0 Å². The Balaban J connectivity index is 2.09. The summed E-state index contributed by atoms with van der Waals surface area (Å²) in [6.45, 7) is 5.46. The van der Waals surface area contributed by atoms with Crippen molar-refractivity contribution in [3.05, 3.63) is 28.2 Å². The number of rotatable bonds is 2. The Morgan fingerprint density at radius 2 is 2.04 bits per heavy atom. The van der Waals surface area contributed by atoms with Crippen LogP contribution in [0.15, 0.2) is 16.6 Å². The summed E-state index contributed by atoms with van der Waals surface area (Å²) in [6.07, 6.45) is -1.44. The van der Waals surface area contributed by atoms with Crippen molar-refractivity contribution in [2.75, 3.05) is 11.4 Å². The van der Waals surface area contributed by atoms with Gasteiger partial charge in [0.15, 0.2) is 11.6 Å². The van der Waals surface area contributed by atoms with Gasteiger partial charge in [-0.25, -0.2) is 13.6 Å². The summed E-state index contributed by atoms with van der Waals surface area (Å²) in [5.41, 5.74) is -0.708. The number of halogens is 3. The number of carbonyl (C=O) groups excluding carboxylic acids is 1. The first kappa shape index (κ1) is 17.9. The average Bonchev–Trinajstić information content (AvgIpc) is 2.76. The molecular formula is C15H19BrF2N2O3. The lowest BCUT2D eigenvalue weighted by molar-refractivity contribution is 0.0451. The molecular weight excluding hydrogens is 374 g/mol. The predicted molar refractivity (Wildman–Crippen MR) is 85.2 cm³/mol. The van der Waals surface area contributed by atoms with Gasteiger partial charge in [-0.2, -0.15) is 0 Å². The van der Waals surface area contributed by atoms with Crippen molar-refractivity contribution in [2.24, 2.45) is 0 Å². The Morgan fingerprint density at radius 3 is 2.65 bits per heavy atom. The minimum atomic E-state index is -1.17. The number of nitrogens with zero attached hydrogens (tertiary/aromatic N) is 1. The Hall–Kier alpha value is -1.41. The summed E-state index contributed by atoms with van der Waals surface area (Å²) in [5.74, 6) is -2.06. The first-order chi connectivity index (χ1) is 10.6. The fourth-order valence-electron chi connectivity index (χ4n) is 2.38. The van der Waals surface area contributed by atoms with E-state index in [0.29, 0.717) is 6.42 Å². The van der Waals surface area contributed by atoms with Gasteiger partial charge in [0.05, 0.1) is 16.2 Å². The molecule has 0 bridgehead atoms. The first-order valence-corrected chi connectivity index (χ1v) is 7.97. The van der Waals surface area contributed by atoms with Gasteiger partial charge in [0, 0.05) is 6.54 Å². The largest absolute Gasteiger partial charge is 0.444 e. The number of amides is 1. The second-order valence-corrected chi connectivity index (χ2v) is 7.20. The maximum Gasteiger partial charge on any atom is 0.408 e. The molecule has 2 atom stereocenters. The zero-order valence-corrected chi connectivity index (χ0v) is 14.7. The van der Waals surface area contributed by atoms with Crippen LogP contribution < -0.4 is 10.2 Å². The number of hydrogen-bond acceptors (Lipinski definition) is 4. The maximum absolute atomic E-state index is 14.0.